The second kappa shape index (κ2) is 17.4. The number of hydrogen-bond acceptors (Lipinski definition) is 8. The van der Waals surface area contributed by atoms with Crippen LogP contribution in [-0.4, -0.2) is 79.8 Å². The zero-order valence-electron chi connectivity index (χ0n) is 16.9. The molecule has 0 aromatic carbocycles. The molecule has 160 valence electrons. The minimum Gasteiger partial charge on any atom is -0.379 e. The Morgan fingerprint density at radius 1 is 1.00 bits per heavy atom. The summed E-state index contributed by atoms with van der Waals surface area (Å²) in [6.07, 6.45) is 7.07. The van der Waals surface area contributed by atoms with Crippen molar-refractivity contribution in [1.29, 1.82) is 5.41 Å². The van der Waals surface area contributed by atoms with Gasteiger partial charge in [-0.3, -0.25) is 4.68 Å². The minimum absolute atomic E-state index is 0.230. The SMILES string of the molecule is CC(=O)CCCCn1cc(CCOCCOCCOCCOCCC=N)nn1. The molecule has 0 saturated heterocycles. The summed E-state index contributed by atoms with van der Waals surface area (Å²) in [5.41, 5.74) is 0.906. The number of carbonyl (C=O) groups is 1. The Kier molecular flexibility index (Phi) is 15.2. The number of Topliss-reactive ketones (excluding diaryl/α,β-unsaturated/α-hetero) is 1. The lowest BCUT2D eigenvalue weighted by atomic mass is 10.2. The van der Waals surface area contributed by atoms with E-state index in [1.807, 2.05) is 10.9 Å². The summed E-state index contributed by atoms with van der Waals surface area (Å²) in [5.74, 6) is 0.230. The van der Waals surface area contributed by atoms with Crippen molar-refractivity contribution in [3.63, 3.8) is 0 Å². The van der Waals surface area contributed by atoms with Crippen LogP contribution in [0.1, 0.15) is 38.3 Å². The minimum atomic E-state index is 0.230. The molecule has 0 spiro atoms. The molecule has 0 aliphatic heterocycles. The predicted octanol–water partition coefficient (Wildman–Crippen LogP) is 1.69. The van der Waals surface area contributed by atoms with Gasteiger partial charge < -0.3 is 29.2 Å². The molecular formula is C19H34N4O5. The first kappa shape index (κ1) is 24.4. The number of nitrogens with zero attached hydrogens (tertiary/aromatic N) is 3. The molecule has 1 heterocycles. The topological polar surface area (TPSA) is 109 Å². The van der Waals surface area contributed by atoms with Crippen molar-refractivity contribution >= 4 is 12.0 Å². The van der Waals surface area contributed by atoms with E-state index >= 15 is 0 Å². The highest BCUT2D eigenvalue weighted by Crippen LogP contribution is 2.01. The molecule has 0 bridgehead atoms. The Morgan fingerprint density at radius 2 is 1.61 bits per heavy atom. The Bertz CT molecular complexity index is 524. The van der Waals surface area contributed by atoms with Crippen LogP contribution in [0.25, 0.3) is 0 Å². The Hall–Kier alpha value is -1.68. The Morgan fingerprint density at radius 3 is 2.21 bits per heavy atom. The first-order valence-corrected chi connectivity index (χ1v) is 9.90. The summed E-state index contributed by atoms with van der Waals surface area (Å²) in [4.78, 5) is 10.9. The number of unbranched alkanes of at least 4 members (excludes halogenated alkanes) is 1. The van der Waals surface area contributed by atoms with Crippen molar-refractivity contribution in [1.82, 2.24) is 15.0 Å². The smallest absolute Gasteiger partial charge is 0.129 e. The predicted molar refractivity (Wildman–Crippen MR) is 105 cm³/mol. The lowest BCUT2D eigenvalue weighted by molar-refractivity contribution is -0.117. The van der Waals surface area contributed by atoms with Gasteiger partial charge in [0.1, 0.15) is 5.78 Å². The number of ketones is 1. The molecular weight excluding hydrogens is 364 g/mol. The molecule has 1 N–H and O–H groups in total. The van der Waals surface area contributed by atoms with Crippen molar-refractivity contribution in [2.45, 2.75) is 45.6 Å². The van der Waals surface area contributed by atoms with Crippen LogP contribution in [0.5, 0.6) is 0 Å². The quantitative estimate of drug-likeness (QED) is 0.263. The van der Waals surface area contributed by atoms with Crippen LogP contribution in [0.3, 0.4) is 0 Å². The molecule has 0 amide bonds. The molecule has 28 heavy (non-hydrogen) atoms. The Balaban J connectivity index is 1.86. The van der Waals surface area contributed by atoms with Crippen molar-refractivity contribution < 1.29 is 23.7 Å². The summed E-state index contributed by atoms with van der Waals surface area (Å²) in [6, 6.07) is 0. The highest BCUT2D eigenvalue weighted by molar-refractivity contribution is 5.75. The average Bonchev–Trinajstić information content (AvgIpc) is 3.13. The van der Waals surface area contributed by atoms with Crippen LogP contribution in [-0.2, 0) is 36.7 Å². The van der Waals surface area contributed by atoms with Crippen LogP contribution < -0.4 is 0 Å². The van der Waals surface area contributed by atoms with Gasteiger partial charge in [-0.2, -0.15) is 0 Å². The molecule has 1 aromatic heterocycles. The molecule has 1 rings (SSSR count). The number of hydrogen-bond donors (Lipinski definition) is 1. The highest BCUT2D eigenvalue weighted by atomic mass is 16.6. The van der Waals surface area contributed by atoms with E-state index < -0.39 is 0 Å². The molecule has 9 nitrogen and oxygen atoms in total. The summed E-state index contributed by atoms with van der Waals surface area (Å²) < 4.78 is 23.4. The van der Waals surface area contributed by atoms with Crippen molar-refractivity contribution in [3.8, 4) is 0 Å². The zero-order valence-corrected chi connectivity index (χ0v) is 16.9. The van der Waals surface area contributed by atoms with Crippen molar-refractivity contribution in [2.75, 3.05) is 52.9 Å². The van der Waals surface area contributed by atoms with Gasteiger partial charge in [-0.1, -0.05) is 5.21 Å². The standard InChI is InChI=1S/C19H34N4O5/c1-18(24)5-2-3-8-23-17-19(21-22-23)6-10-26-12-14-28-16-15-27-13-11-25-9-4-7-20/h7,17,20H,2-6,8-16H2,1H3. The average molecular weight is 399 g/mol. The third-order valence-corrected chi connectivity index (χ3v) is 3.78. The van der Waals surface area contributed by atoms with E-state index in [1.54, 1.807) is 6.92 Å². The number of ether oxygens (including phenoxy) is 4. The molecule has 0 saturated carbocycles. The highest BCUT2D eigenvalue weighted by Gasteiger charge is 2.02. The fraction of sp³-hybridized carbons (Fsp3) is 0.789. The van der Waals surface area contributed by atoms with E-state index in [-0.39, 0.29) is 5.78 Å². The summed E-state index contributed by atoms with van der Waals surface area (Å²) >= 11 is 0. The van der Waals surface area contributed by atoms with Gasteiger partial charge in [-0.25, -0.2) is 0 Å². The molecule has 0 unspecified atom stereocenters. The Labute approximate surface area is 167 Å². The molecule has 9 heteroatoms. The van der Waals surface area contributed by atoms with Crippen molar-refractivity contribution in [3.05, 3.63) is 11.9 Å². The lowest BCUT2D eigenvalue weighted by Crippen LogP contribution is -2.12. The molecule has 0 atom stereocenters. The molecule has 0 aliphatic carbocycles. The van der Waals surface area contributed by atoms with Gasteiger partial charge in [0.2, 0.25) is 0 Å². The van der Waals surface area contributed by atoms with Crippen LogP contribution in [0.15, 0.2) is 6.20 Å². The fourth-order valence-corrected chi connectivity index (χ4v) is 2.29. The van der Waals surface area contributed by atoms with Crippen LogP contribution in [0.2, 0.25) is 0 Å². The number of nitrogens with one attached hydrogen (secondary N) is 1. The number of carbonyl (C=O) groups excluding carboxylic acids is 1. The maximum absolute atomic E-state index is 10.9. The summed E-state index contributed by atoms with van der Waals surface area (Å²) in [7, 11) is 0. The third kappa shape index (κ3) is 14.4. The van der Waals surface area contributed by atoms with Crippen molar-refractivity contribution in [2.24, 2.45) is 0 Å². The van der Waals surface area contributed by atoms with Gasteiger partial charge >= 0.3 is 0 Å². The van der Waals surface area contributed by atoms with Gasteiger partial charge in [-0.15, -0.1) is 5.10 Å². The van der Waals surface area contributed by atoms with E-state index in [2.05, 4.69) is 10.3 Å². The van der Waals surface area contributed by atoms with E-state index in [0.717, 1.165) is 25.1 Å². The molecule has 1 aromatic rings. The van der Waals surface area contributed by atoms with Crippen LogP contribution in [0.4, 0.5) is 0 Å². The molecule has 0 radical (unpaired) electrons. The maximum atomic E-state index is 10.9. The van der Waals surface area contributed by atoms with Gasteiger partial charge in [0.25, 0.3) is 0 Å². The van der Waals surface area contributed by atoms with Gasteiger partial charge in [0.15, 0.2) is 0 Å². The summed E-state index contributed by atoms with van der Waals surface area (Å²) in [5, 5.41) is 15.1. The van der Waals surface area contributed by atoms with E-state index in [9.17, 15) is 4.79 Å². The second-order valence-electron chi connectivity index (χ2n) is 6.32. The lowest BCUT2D eigenvalue weighted by Gasteiger charge is -2.06. The monoisotopic (exact) mass is 398 g/mol. The third-order valence-electron chi connectivity index (χ3n) is 3.78. The van der Waals surface area contributed by atoms with Crippen LogP contribution in [0, 0.1) is 5.41 Å². The largest absolute Gasteiger partial charge is 0.379 e. The first-order valence-electron chi connectivity index (χ1n) is 9.90. The van der Waals surface area contributed by atoms with Gasteiger partial charge in [-0.05, 0) is 26.0 Å². The molecule has 0 fully saturated rings. The first-order chi connectivity index (χ1) is 13.7. The van der Waals surface area contributed by atoms with Crippen LogP contribution >= 0.6 is 0 Å². The number of aryl methyl sites for hydroxylation is 1. The zero-order chi connectivity index (χ0) is 20.3. The molecule has 0 aliphatic rings. The second-order valence-corrected chi connectivity index (χ2v) is 6.32. The fourth-order valence-electron chi connectivity index (χ4n) is 2.29. The van der Waals surface area contributed by atoms with E-state index in [4.69, 9.17) is 24.4 Å². The normalized spacial score (nSPS) is 11.0. The van der Waals surface area contributed by atoms with E-state index in [1.165, 1.54) is 6.21 Å². The summed E-state index contributed by atoms with van der Waals surface area (Å²) in [6.45, 7) is 6.75. The van der Waals surface area contributed by atoms with Gasteiger partial charge in [0.05, 0.1) is 58.5 Å². The number of aromatic nitrogens is 3. The maximum Gasteiger partial charge on any atom is 0.129 e. The van der Waals surface area contributed by atoms with Gasteiger partial charge in [0, 0.05) is 32.0 Å². The number of rotatable bonds is 20. The van der Waals surface area contributed by atoms with E-state index in [0.29, 0.717) is 72.1 Å².